The predicted octanol–water partition coefficient (Wildman–Crippen LogP) is 3.62. The smallest absolute Gasteiger partial charge is 0.338 e. The minimum absolute atomic E-state index is 0.0841. The Morgan fingerprint density at radius 3 is 2.59 bits per heavy atom. The number of aromatic nitrogens is 3. The third kappa shape index (κ3) is 3.15. The molecule has 4 rings (SSSR count). The molecule has 1 atom stereocenters. The molecule has 1 unspecified atom stereocenters. The zero-order chi connectivity index (χ0) is 19.2. The van der Waals surface area contributed by atoms with Gasteiger partial charge in [-0.15, -0.1) is 0 Å². The molecule has 27 heavy (non-hydrogen) atoms. The van der Waals surface area contributed by atoms with Crippen LogP contribution in [0.3, 0.4) is 0 Å². The van der Waals surface area contributed by atoms with Crippen LogP contribution >= 0.6 is 0 Å². The van der Waals surface area contributed by atoms with E-state index in [0.717, 1.165) is 35.4 Å². The second-order valence-electron chi connectivity index (χ2n) is 6.71. The Kier molecular flexibility index (Phi) is 4.13. The molecule has 0 radical (unpaired) electrons. The number of pyridine rings is 1. The van der Waals surface area contributed by atoms with Crippen LogP contribution in [0.4, 0.5) is 13.2 Å². The van der Waals surface area contributed by atoms with Gasteiger partial charge in [-0.25, -0.2) is 4.98 Å². The van der Waals surface area contributed by atoms with Crippen LogP contribution in [0.5, 0.6) is 0 Å². The maximum atomic E-state index is 12.7. The van der Waals surface area contributed by atoms with Crippen LogP contribution in [0.2, 0.25) is 0 Å². The normalized spacial score (nSPS) is 17.6. The summed E-state index contributed by atoms with van der Waals surface area (Å²) in [5.41, 5.74) is 1.29. The van der Waals surface area contributed by atoms with Crippen LogP contribution < -0.4 is 0 Å². The van der Waals surface area contributed by atoms with Gasteiger partial charge in [0.05, 0.1) is 22.8 Å². The topological polar surface area (TPSA) is 51.0 Å². The lowest BCUT2D eigenvalue weighted by Crippen LogP contribution is -2.28. The molecular formula is C19H17F3N4O. The number of benzene rings is 1. The summed E-state index contributed by atoms with van der Waals surface area (Å²) >= 11 is 0. The summed E-state index contributed by atoms with van der Waals surface area (Å²) in [6.45, 7) is 1.04. The number of hydrogen-bond donors (Lipinski definition) is 0. The predicted molar refractivity (Wildman–Crippen MR) is 93.2 cm³/mol. The first-order chi connectivity index (χ1) is 12.8. The van der Waals surface area contributed by atoms with Crippen molar-refractivity contribution in [3.8, 4) is 0 Å². The van der Waals surface area contributed by atoms with Crippen molar-refractivity contribution in [2.24, 2.45) is 7.05 Å². The Hall–Kier alpha value is -2.90. The molecule has 1 aliphatic rings. The molecule has 0 aliphatic carbocycles. The SMILES string of the molecule is Cn1c(C2CCN(C(=O)c3ccc(C(F)(F)F)cc3)C2)nc2ccncc21. The highest BCUT2D eigenvalue weighted by molar-refractivity contribution is 5.94. The minimum atomic E-state index is -4.41. The van der Waals surface area contributed by atoms with Crippen LogP contribution in [-0.2, 0) is 13.2 Å². The highest BCUT2D eigenvalue weighted by Crippen LogP contribution is 2.31. The lowest BCUT2D eigenvalue weighted by molar-refractivity contribution is -0.137. The highest BCUT2D eigenvalue weighted by atomic mass is 19.4. The molecule has 140 valence electrons. The first kappa shape index (κ1) is 17.5. The van der Waals surface area contributed by atoms with Crippen molar-refractivity contribution < 1.29 is 18.0 Å². The number of fused-ring (bicyclic) bond motifs is 1. The van der Waals surface area contributed by atoms with E-state index >= 15 is 0 Å². The Balaban J connectivity index is 1.52. The van der Waals surface area contributed by atoms with Crippen molar-refractivity contribution in [2.75, 3.05) is 13.1 Å². The average Bonchev–Trinajstić information content (AvgIpc) is 3.26. The summed E-state index contributed by atoms with van der Waals surface area (Å²) < 4.78 is 40.0. The van der Waals surface area contributed by atoms with Gasteiger partial charge in [0, 0.05) is 37.8 Å². The molecule has 1 aromatic carbocycles. The summed E-state index contributed by atoms with van der Waals surface area (Å²) in [6, 6.07) is 6.20. The number of likely N-dealkylation sites (tertiary alicyclic amines) is 1. The molecule has 0 N–H and O–H groups in total. The number of amides is 1. The molecule has 1 fully saturated rings. The second kappa shape index (κ2) is 6.37. The van der Waals surface area contributed by atoms with E-state index in [-0.39, 0.29) is 17.4 Å². The van der Waals surface area contributed by atoms with Crippen molar-refractivity contribution in [1.29, 1.82) is 0 Å². The Morgan fingerprint density at radius 1 is 1.19 bits per heavy atom. The molecule has 3 aromatic rings. The Bertz CT molecular complexity index is 994. The van der Waals surface area contributed by atoms with Crippen molar-refractivity contribution >= 4 is 16.9 Å². The van der Waals surface area contributed by atoms with E-state index in [1.54, 1.807) is 17.3 Å². The molecule has 3 heterocycles. The Labute approximate surface area is 153 Å². The molecule has 5 nitrogen and oxygen atoms in total. The number of carbonyl (C=O) groups excluding carboxylic acids is 1. The molecular weight excluding hydrogens is 357 g/mol. The van der Waals surface area contributed by atoms with Gasteiger partial charge in [-0.05, 0) is 36.8 Å². The quantitative estimate of drug-likeness (QED) is 0.689. The van der Waals surface area contributed by atoms with Crippen LogP contribution in [0.25, 0.3) is 11.0 Å². The summed E-state index contributed by atoms with van der Waals surface area (Å²) in [4.78, 5) is 23.1. The molecule has 0 spiro atoms. The van der Waals surface area contributed by atoms with Crippen LogP contribution in [-0.4, -0.2) is 38.4 Å². The molecule has 2 aromatic heterocycles. The first-order valence-corrected chi connectivity index (χ1v) is 8.57. The standard InChI is InChI=1S/C19H17F3N4O/c1-25-16-10-23-8-6-15(16)24-17(25)13-7-9-26(11-13)18(27)12-2-4-14(5-3-12)19(20,21)22/h2-6,8,10,13H,7,9,11H2,1H3. The van der Waals surface area contributed by atoms with Gasteiger partial charge in [0.2, 0.25) is 0 Å². The van der Waals surface area contributed by atoms with Gasteiger partial charge >= 0.3 is 6.18 Å². The van der Waals surface area contributed by atoms with Gasteiger partial charge in [-0.2, -0.15) is 13.2 Å². The summed E-state index contributed by atoms with van der Waals surface area (Å²) in [5, 5.41) is 0. The average molecular weight is 374 g/mol. The van der Waals surface area contributed by atoms with E-state index < -0.39 is 11.7 Å². The maximum Gasteiger partial charge on any atom is 0.416 e. The number of hydrogen-bond acceptors (Lipinski definition) is 3. The molecule has 0 bridgehead atoms. The van der Waals surface area contributed by atoms with Gasteiger partial charge in [0.15, 0.2) is 0 Å². The van der Waals surface area contributed by atoms with Crippen molar-refractivity contribution in [2.45, 2.75) is 18.5 Å². The van der Waals surface area contributed by atoms with E-state index in [9.17, 15) is 18.0 Å². The maximum absolute atomic E-state index is 12.7. The lowest BCUT2D eigenvalue weighted by atomic mass is 10.1. The number of halogens is 3. The number of imidazole rings is 1. The van der Waals surface area contributed by atoms with Gasteiger partial charge in [0.25, 0.3) is 5.91 Å². The van der Waals surface area contributed by atoms with E-state index in [1.807, 2.05) is 17.7 Å². The van der Waals surface area contributed by atoms with Gasteiger partial charge in [0.1, 0.15) is 5.82 Å². The van der Waals surface area contributed by atoms with Crippen LogP contribution in [0.1, 0.15) is 34.1 Å². The van der Waals surface area contributed by atoms with Crippen molar-refractivity contribution in [1.82, 2.24) is 19.4 Å². The molecule has 0 saturated carbocycles. The van der Waals surface area contributed by atoms with Crippen LogP contribution in [0, 0.1) is 0 Å². The van der Waals surface area contributed by atoms with Gasteiger partial charge in [-0.1, -0.05) is 0 Å². The number of alkyl halides is 3. The van der Waals surface area contributed by atoms with E-state index in [0.29, 0.717) is 13.1 Å². The fourth-order valence-corrected chi connectivity index (χ4v) is 3.56. The Morgan fingerprint density at radius 2 is 1.93 bits per heavy atom. The zero-order valence-corrected chi connectivity index (χ0v) is 14.6. The fourth-order valence-electron chi connectivity index (χ4n) is 3.56. The fraction of sp³-hybridized carbons (Fsp3) is 0.316. The summed E-state index contributed by atoms with van der Waals surface area (Å²) in [6.07, 6.45) is -0.202. The summed E-state index contributed by atoms with van der Waals surface area (Å²) in [5.74, 6) is 0.716. The second-order valence-corrected chi connectivity index (χ2v) is 6.71. The van der Waals surface area contributed by atoms with Crippen LogP contribution in [0.15, 0.2) is 42.7 Å². The number of rotatable bonds is 2. The third-order valence-corrected chi connectivity index (χ3v) is 5.02. The highest BCUT2D eigenvalue weighted by Gasteiger charge is 2.33. The van der Waals surface area contributed by atoms with Crippen molar-refractivity contribution in [3.05, 3.63) is 59.7 Å². The molecule has 1 amide bonds. The van der Waals surface area contributed by atoms with Gasteiger partial charge in [-0.3, -0.25) is 9.78 Å². The lowest BCUT2D eigenvalue weighted by Gasteiger charge is -2.17. The van der Waals surface area contributed by atoms with E-state index in [1.165, 1.54) is 12.1 Å². The third-order valence-electron chi connectivity index (χ3n) is 5.02. The molecule has 1 aliphatic heterocycles. The zero-order valence-electron chi connectivity index (χ0n) is 14.6. The molecule has 8 heteroatoms. The number of nitrogens with zero attached hydrogens (tertiary/aromatic N) is 4. The molecule has 1 saturated heterocycles. The largest absolute Gasteiger partial charge is 0.416 e. The first-order valence-electron chi connectivity index (χ1n) is 8.57. The van der Waals surface area contributed by atoms with Gasteiger partial charge < -0.3 is 9.47 Å². The van der Waals surface area contributed by atoms with E-state index in [2.05, 4.69) is 9.97 Å². The van der Waals surface area contributed by atoms with E-state index in [4.69, 9.17) is 0 Å². The number of aryl methyl sites for hydroxylation is 1. The minimum Gasteiger partial charge on any atom is -0.338 e. The number of carbonyl (C=O) groups is 1. The van der Waals surface area contributed by atoms with Crippen molar-refractivity contribution in [3.63, 3.8) is 0 Å². The summed E-state index contributed by atoms with van der Waals surface area (Å²) in [7, 11) is 1.92. The monoisotopic (exact) mass is 374 g/mol.